The minimum absolute atomic E-state index is 0.227. The van der Waals surface area contributed by atoms with Crippen molar-refractivity contribution in [1.82, 2.24) is 4.98 Å². The summed E-state index contributed by atoms with van der Waals surface area (Å²) in [4.78, 5) is 4.20. The lowest BCUT2D eigenvalue weighted by atomic mass is 10.5. The van der Waals surface area contributed by atoms with E-state index in [2.05, 4.69) is 10.3 Å². The van der Waals surface area contributed by atoms with Crippen LogP contribution in [0.15, 0.2) is 5.38 Å². The number of nitrogens with one attached hydrogen (secondary N) is 1. The minimum Gasteiger partial charge on any atom is -0.361 e. The van der Waals surface area contributed by atoms with Gasteiger partial charge >= 0.3 is 0 Å². The molecule has 0 aliphatic heterocycles. The molecule has 0 radical (unpaired) electrons. The second-order valence-electron chi connectivity index (χ2n) is 3.20. The van der Waals surface area contributed by atoms with Gasteiger partial charge in [-0.3, -0.25) is 0 Å². The average molecular weight is 234 g/mol. The Kier molecular flexibility index (Phi) is 3.88. The molecule has 1 aromatic heterocycles. The van der Waals surface area contributed by atoms with Crippen LogP contribution in [0.1, 0.15) is 12.1 Å². The molecule has 6 heteroatoms. The molecule has 1 aromatic rings. The second-order valence-corrected chi connectivity index (χ2v) is 6.32. The summed E-state index contributed by atoms with van der Waals surface area (Å²) in [5.74, 6) is 0.227. The first-order chi connectivity index (χ1) is 6.47. The number of sulfone groups is 1. The Hall–Kier alpha value is -0.620. The van der Waals surface area contributed by atoms with Crippen LogP contribution >= 0.6 is 11.3 Å². The van der Waals surface area contributed by atoms with Gasteiger partial charge in [-0.1, -0.05) is 0 Å². The largest absolute Gasteiger partial charge is 0.361 e. The third-order valence-corrected chi connectivity index (χ3v) is 3.54. The molecule has 0 saturated heterocycles. The molecule has 14 heavy (non-hydrogen) atoms. The third-order valence-electron chi connectivity index (χ3n) is 1.59. The third kappa shape index (κ3) is 4.57. The number of aryl methyl sites for hydroxylation is 1. The van der Waals surface area contributed by atoms with Crippen molar-refractivity contribution in [2.24, 2.45) is 0 Å². The Morgan fingerprint density at radius 2 is 2.29 bits per heavy atom. The van der Waals surface area contributed by atoms with Gasteiger partial charge in [0, 0.05) is 18.2 Å². The summed E-state index contributed by atoms with van der Waals surface area (Å²) in [7, 11) is -2.83. The maximum Gasteiger partial charge on any atom is 0.182 e. The lowest BCUT2D eigenvalue weighted by molar-refractivity contribution is 0.600. The SMILES string of the molecule is Cc1csc(NCCCS(C)(=O)=O)n1. The predicted octanol–water partition coefficient (Wildman–Crippen LogP) is 1.30. The second kappa shape index (κ2) is 4.75. The van der Waals surface area contributed by atoms with Crippen molar-refractivity contribution >= 4 is 26.3 Å². The molecule has 0 amide bonds. The van der Waals surface area contributed by atoms with E-state index in [1.807, 2.05) is 12.3 Å². The molecular weight excluding hydrogens is 220 g/mol. The van der Waals surface area contributed by atoms with Crippen molar-refractivity contribution in [2.45, 2.75) is 13.3 Å². The van der Waals surface area contributed by atoms with Gasteiger partial charge < -0.3 is 5.32 Å². The lowest BCUT2D eigenvalue weighted by Crippen LogP contribution is -2.09. The van der Waals surface area contributed by atoms with Crippen LogP contribution in [0.3, 0.4) is 0 Å². The maximum atomic E-state index is 10.8. The summed E-state index contributed by atoms with van der Waals surface area (Å²) in [5, 5.41) is 5.90. The van der Waals surface area contributed by atoms with Crippen LogP contribution < -0.4 is 5.32 Å². The van der Waals surface area contributed by atoms with Gasteiger partial charge in [-0.15, -0.1) is 11.3 Å². The van der Waals surface area contributed by atoms with E-state index in [9.17, 15) is 8.42 Å². The van der Waals surface area contributed by atoms with E-state index >= 15 is 0 Å². The summed E-state index contributed by atoms with van der Waals surface area (Å²) in [6, 6.07) is 0. The predicted molar refractivity (Wildman–Crippen MR) is 59.7 cm³/mol. The molecule has 0 aliphatic carbocycles. The Morgan fingerprint density at radius 1 is 1.57 bits per heavy atom. The maximum absolute atomic E-state index is 10.8. The molecule has 80 valence electrons. The minimum atomic E-state index is -2.83. The first kappa shape index (κ1) is 11.5. The van der Waals surface area contributed by atoms with Crippen molar-refractivity contribution in [3.63, 3.8) is 0 Å². The van der Waals surface area contributed by atoms with Gasteiger partial charge in [-0.25, -0.2) is 13.4 Å². The van der Waals surface area contributed by atoms with Gasteiger partial charge in [-0.2, -0.15) is 0 Å². The van der Waals surface area contributed by atoms with Crippen molar-refractivity contribution in [1.29, 1.82) is 0 Å². The van der Waals surface area contributed by atoms with E-state index in [0.717, 1.165) is 10.8 Å². The van der Waals surface area contributed by atoms with Gasteiger partial charge in [0.2, 0.25) is 0 Å². The number of anilines is 1. The van der Waals surface area contributed by atoms with E-state index < -0.39 is 9.84 Å². The highest BCUT2D eigenvalue weighted by Crippen LogP contribution is 2.13. The van der Waals surface area contributed by atoms with Crippen LogP contribution in [0.4, 0.5) is 5.13 Å². The summed E-state index contributed by atoms with van der Waals surface area (Å²) < 4.78 is 21.6. The molecule has 0 bridgehead atoms. The standard InChI is InChI=1S/C8H14N2O2S2/c1-7-6-13-8(10-7)9-4-3-5-14(2,11)12/h6H,3-5H2,1-2H3,(H,9,10). The molecule has 0 spiro atoms. The Balaban J connectivity index is 2.23. The molecule has 1 rings (SSSR count). The van der Waals surface area contributed by atoms with Gasteiger partial charge in [0.25, 0.3) is 0 Å². The highest BCUT2D eigenvalue weighted by Gasteiger charge is 2.01. The molecule has 0 aromatic carbocycles. The molecule has 0 aliphatic rings. The van der Waals surface area contributed by atoms with Gasteiger partial charge in [0.1, 0.15) is 9.84 Å². The normalized spacial score (nSPS) is 11.6. The van der Waals surface area contributed by atoms with Crippen molar-refractivity contribution in [3.05, 3.63) is 11.1 Å². The highest BCUT2D eigenvalue weighted by molar-refractivity contribution is 7.90. The zero-order valence-electron chi connectivity index (χ0n) is 8.28. The zero-order valence-corrected chi connectivity index (χ0v) is 9.91. The molecule has 0 fully saturated rings. The number of aromatic nitrogens is 1. The quantitative estimate of drug-likeness (QED) is 0.780. The first-order valence-electron chi connectivity index (χ1n) is 4.31. The fourth-order valence-electron chi connectivity index (χ4n) is 0.965. The molecule has 0 atom stereocenters. The smallest absolute Gasteiger partial charge is 0.182 e. The number of rotatable bonds is 5. The number of hydrogen-bond donors (Lipinski definition) is 1. The average Bonchev–Trinajstić information content (AvgIpc) is 2.44. The van der Waals surface area contributed by atoms with Crippen LogP contribution in [0, 0.1) is 6.92 Å². The monoisotopic (exact) mass is 234 g/mol. The Labute approximate surface area is 88.3 Å². The van der Waals surface area contributed by atoms with E-state index in [1.165, 1.54) is 17.6 Å². The van der Waals surface area contributed by atoms with Crippen LogP contribution in [0.5, 0.6) is 0 Å². The lowest BCUT2D eigenvalue weighted by Gasteiger charge is -2.00. The summed E-state index contributed by atoms with van der Waals surface area (Å²) in [5.41, 5.74) is 0.987. The molecule has 1 N–H and O–H groups in total. The van der Waals surface area contributed by atoms with Gasteiger partial charge in [-0.05, 0) is 13.3 Å². The van der Waals surface area contributed by atoms with Crippen molar-refractivity contribution < 1.29 is 8.42 Å². The number of hydrogen-bond acceptors (Lipinski definition) is 5. The van der Waals surface area contributed by atoms with E-state index in [-0.39, 0.29) is 5.75 Å². The van der Waals surface area contributed by atoms with E-state index in [1.54, 1.807) is 0 Å². The molecule has 0 saturated carbocycles. The fourth-order valence-corrected chi connectivity index (χ4v) is 2.35. The first-order valence-corrected chi connectivity index (χ1v) is 7.25. The summed E-state index contributed by atoms with van der Waals surface area (Å²) in [6.07, 6.45) is 1.87. The van der Waals surface area contributed by atoms with E-state index in [0.29, 0.717) is 13.0 Å². The summed E-state index contributed by atoms with van der Waals surface area (Å²) in [6.45, 7) is 2.58. The van der Waals surface area contributed by atoms with Crippen LogP contribution in [-0.2, 0) is 9.84 Å². The molecular formula is C8H14N2O2S2. The zero-order chi connectivity index (χ0) is 10.6. The van der Waals surface area contributed by atoms with Crippen LogP contribution in [0.2, 0.25) is 0 Å². The molecule has 0 unspecified atom stereocenters. The van der Waals surface area contributed by atoms with Crippen molar-refractivity contribution in [3.8, 4) is 0 Å². The number of nitrogens with zero attached hydrogens (tertiary/aromatic N) is 1. The van der Waals surface area contributed by atoms with Crippen molar-refractivity contribution in [2.75, 3.05) is 23.9 Å². The molecule has 1 heterocycles. The highest BCUT2D eigenvalue weighted by atomic mass is 32.2. The van der Waals surface area contributed by atoms with Crippen LogP contribution in [-0.4, -0.2) is 32.0 Å². The summed E-state index contributed by atoms with van der Waals surface area (Å²) >= 11 is 1.54. The Morgan fingerprint density at radius 3 is 2.79 bits per heavy atom. The Bertz CT molecular complexity index is 384. The number of thiazole rings is 1. The van der Waals surface area contributed by atoms with Gasteiger partial charge in [0.15, 0.2) is 5.13 Å². The van der Waals surface area contributed by atoms with Crippen LogP contribution in [0.25, 0.3) is 0 Å². The molecule has 4 nitrogen and oxygen atoms in total. The topological polar surface area (TPSA) is 59.1 Å². The fraction of sp³-hybridized carbons (Fsp3) is 0.625. The van der Waals surface area contributed by atoms with E-state index in [4.69, 9.17) is 0 Å². The van der Waals surface area contributed by atoms with Gasteiger partial charge in [0.05, 0.1) is 11.4 Å².